The van der Waals surface area contributed by atoms with Crippen molar-refractivity contribution < 1.29 is 14.3 Å². The zero-order valence-corrected chi connectivity index (χ0v) is 14.2. The van der Waals surface area contributed by atoms with Crippen LogP contribution >= 0.6 is 11.8 Å². The largest absolute Gasteiger partial charge is 0.384 e. The van der Waals surface area contributed by atoms with Crippen LogP contribution in [0.3, 0.4) is 0 Å². The molecular formula is C16H23N3O3S. The summed E-state index contributed by atoms with van der Waals surface area (Å²) in [5.41, 5.74) is 2.08. The lowest BCUT2D eigenvalue weighted by atomic mass is 10.2. The molecule has 1 aliphatic rings. The normalized spacial score (nSPS) is 14.5. The fourth-order valence-corrected chi connectivity index (χ4v) is 2.96. The van der Waals surface area contributed by atoms with E-state index in [4.69, 9.17) is 4.74 Å². The van der Waals surface area contributed by atoms with Crippen LogP contribution in [-0.2, 0) is 20.9 Å². The number of benzene rings is 1. The molecule has 0 bridgehead atoms. The minimum atomic E-state index is 0.0304. The first kappa shape index (κ1) is 17.6. The van der Waals surface area contributed by atoms with Gasteiger partial charge in [0.25, 0.3) is 0 Å². The van der Waals surface area contributed by atoms with Crippen molar-refractivity contribution in [3.8, 4) is 0 Å². The molecule has 1 heterocycles. The van der Waals surface area contributed by atoms with Crippen LogP contribution in [0.15, 0.2) is 24.3 Å². The number of amides is 2. The molecule has 2 amide bonds. The number of thioether (sulfide) groups is 1. The molecule has 1 fully saturated rings. The number of hydrogen-bond donors (Lipinski definition) is 2. The van der Waals surface area contributed by atoms with E-state index in [9.17, 15) is 9.59 Å². The summed E-state index contributed by atoms with van der Waals surface area (Å²) in [7, 11) is 1.65. The van der Waals surface area contributed by atoms with Gasteiger partial charge in [-0.25, -0.2) is 0 Å². The van der Waals surface area contributed by atoms with E-state index in [1.807, 2.05) is 29.2 Å². The number of anilines is 1. The van der Waals surface area contributed by atoms with Crippen LogP contribution in [0.25, 0.3) is 0 Å². The number of methoxy groups -OCH3 is 1. The van der Waals surface area contributed by atoms with Gasteiger partial charge in [-0.3, -0.25) is 9.59 Å². The van der Waals surface area contributed by atoms with Crippen molar-refractivity contribution >= 4 is 29.3 Å². The summed E-state index contributed by atoms with van der Waals surface area (Å²) in [6.07, 6.45) is 0. The number of carbonyl (C=O) groups is 2. The third-order valence-electron chi connectivity index (χ3n) is 3.49. The van der Waals surface area contributed by atoms with Crippen LogP contribution in [-0.4, -0.2) is 56.7 Å². The van der Waals surface area contributed by atoms with Crippen molar-refractivity contribution in [3.05, 3.63) is 29.8 Å². The van der Waals surface area contributed by atoms with E-state index in [1.165, 1.54) is 0 Å². The van der Waals surface area contributed by atoms with E-state index >= 15 is 0 Å². The van der Waals surface area contributed by atoms with Gasteiger partial charge >= 0.3 is 0 Å². The van der Waals surface area contributed by atoms with Crippen molar-refractivity contribution in [2.45, 2.75) is 6.54 Å². The number of rotatable bonds is 8. The second kappa shape index (κ2) is 9.42. The molecule has 1 aromatic carbocycles. The topological polar surface area (TPSA) is 70.7 Å². The molecule has 1 aliphatic heterocycles. The molecular weight excluding hydrogens is 314 g/mol. The summed E-state index contributed by atoms with van der Waals surface area (Å²) in [6.45, 7) is 3.07. The van der Waals surface area contributed by atoms with Gasteiger partial charge in [0.15, 0.2) is 0 Å². The van der Waals surface area contributed by atoms with Crippen molar-refractivity contribution in [1.82, 2.24) is 10.6 Å². The van der Waals surface area contributed by atoms with Gasteiger partial charge in [0.1, 0.15) is 0 Å². The highest BCUT2D eigenvalue weighted by molar-refractivity contribution is 7.99. The number of nitrogens with zero attached hydrogens (tertiary/aromatic N) is 1. The highest BCUT2D eigenvalue weighted by Crippen LogP contribution is 2.16. The fraction of sp³-hybridized carbons (Fsp3) is 0.500. The Morgan fingerprint density at radius 2 is 2.17 bits per heavy atom. The summed E-state index contributed by atoms with van der Waals surface area (Å²) in [4.78, 5) is 25.2. The molecule has 2 N–H and O–H groups in total. The molecule has 0 aliphatic carbocycles. The predicted octanol–water partition coefficient (Wildman–Crippen LogP) is 0.619. The first-order valence-corrected chi connectivity index (χ1v) is 8.78. The van der Waals surface area contributed by atoms with E-state index in [0.717, 1.165) is 23.5 Å². The molecule has 0 atom stereocenters. The zero-order chi connectivity index (χ0) is 16.5. The van der Waals surface area contributed by atoms with Crippen LogP contribution in [0.4, 0.5) is 5.69 Å². The van der Waals surface area contributed by atoms with Crippen LogP contribution in [0.1, 0.15) is 5.56 Å². The quantitative estimate of drug-likeness (QED) is 0.681. The van der Waals surface area contributed by atoms with Gasteiger partial charge in [-0.1, -0.05) is 12.1 Å². The van der Waals surface area contributed by atoms with Gasteiger partial charge in [0.05, 0.1) is 18.9 Å². The highest BCUT2D eigenvalue weighted by atomic mass is 32.2. The molecule has 1 aromatic rings. The molecule has 0 aromatic heterocycles. The molecule has 0 unspecified atom stereocenters. The van der Waals surface area contributed by atoms with Crippen LogP contribution in [0, 0.1) is 0 Å². The molecule has 7 heteroatoms. The summed E-state index contributed by atoms with van der Waals surface area (Å²) >= 11 is 1.56. The summed E-state index contributed by atoms with van der Waals surface area (Å²) in [5.74, 6) is 1.35. The van der Waals surface area contributed by atoms with Crippen molar-refractivity contribution in [3.63, 3.8) is 0 Å². The molecule has 6 nitrogen and oxygen atoms in total. The highest BCUT2D eigenvalue weighted by Gasteiger charge is 2.16. The number of ether oxygens (including phenoxy) is 1. The third-order valence-corrected chi connectivity index (χ3v) is 4.42. The van der Waals surface area contributed by atoms with E-state index < -0.39 is 0 Å². The number of hydrogen-bond acceptors (Lipinski definition) is 5. The maximum absolute atomic E-state index is 11.7. The summed E-state index contributed by atoms with van der Waals surface area (Å²) in [6, 6.07) is 7.96. The average molecular weight is 337 g/mol. The van der Waals surface area contributed by atoms with Crippen molar-refractivity contribution in [2.75, 3.05) is 49.8 Å². The van der Waals surface area contributed by atoms with E-state index in [0.29, 0.717) is 32.0 Å². The first-order valence-electron chi connectivity index (χ1n) is 7.63. The van der Waals surface area contributed by atoms with Gasteiger partial charge in [-0.05, 0) is 17.7 Å². The van der Waals surface area contributed by atoms with Crippen LogP contribution < -0.4 is 15.5 Å². The standard InChI is InChI=1S/C16H23N3O3S/c1-22-8-9-23-12-16(21)18-10-13-2-4-14(5-3-13)19-7-6-17-15(20)11-19/h2-5H,6-12H2,1H3,(H,17,20)(H,18,21). The van der Waals surface area contributed by atoms with Gasteiger partial charge in [0, 0.05) is 38.2 Å². The molecule has 0 spiro atoms. The SMILES string of the molecule is COCCSCC(=O)NCc1ccc(N2CCNC(=O)C2)cc1. The van der Waals surface area contributed by atoms with E-state index in [1.54, 1.807) is 18.9 Å². The Labute approximate surface area is 140 Å². The maximum Gasteiger partial charge on any atom is 0.239 e. The summed E-state index contributed by atoms with van der Waals surface area (Å²) < 4.78 is 4.94. The van der Waals surface area contributed by atoms with Gasteiger partial charge in [-0.15, -0.1) is 11.8 Å². The Balaban J connectivity index is 1.74. The smallest absolute Gasteiger partial charge is 0.239 e. The Morgan fingerprint density at radius 3 is 2.87 bits per heavy atom. The fourth-order valence-electron chi connectivity index (χ4n) is 2.24. The molecule has 1 saturated heterocycles. The third kappa shape index (κ3) is 6.11. The molecule has 2 rings (SSSR count). The zero-order valence-electron chi connectivity index (χ0n) is 13.3. The molecule has 0 saturated carbocycles. The second-order valence-electron chi connectivity index (χ2n) is 5.26. The lowest BCUT2D eigenvalue weighted by Crippen LogP contribution is -2.47. The number of carbonyl (C=O) groups excluding carboxylic acids is 2. The van der Waals surface area contributed by atoms with E-state index in [-0.39, 0.29) is 11.8 Å². The lowest BCUT2D eigenvalue weighted by molar-refractivity contribution is -0.120. The molecule has 23 heavy (non-hydrogen) atoms. The Hall–Kier alpha value is -1.73. The van der Waals surface area contributed by atoms with Crippen LogP contribution in [0.5, 0.6) is 0 Å². The first-order chi connectivity index (χ1) is 11.2. The lowest BCUT2D eigenvalue weighted by Gasteiger charge is -2.28. The van der Waals surface area contributed by atoms with E-state index in [2.05, 4.69) is 10.6 Å². The Morgan fingerprint density at radius 1 is 1.39 bits per heavy atom. The van der Waals surface area contributed by atoms with Crippen molar-refractivity contribution in [1.29, 1.82) is 0 Å². The van der Waals surface area contributed by atoms with Crippen molar-refractivity contribution in [2.24, 2.45) is 0 Å². The maximum atomic E-state index is 11.7. The minimum absolute atomic E-state index is 0.0304. The molecule has 0 radical (unpaired) electrons. The van der Waals surface area contributed by atoms with Gasteiger partial charge in [-0.2, -0.15) is 0 Å². The number of nitrogens with one attached hydrogen (secondary N) is 2. The summed E-state index contributed by atoms with van der Waals surface area (Å²) in [5, 5.41) is 5.72. The minimum Gasteiger partial charge on any atom is -0.384 e. The predicted molar refractivity (Wildman–Crippen MR) is 92.7 cm³/mol. The molecule has 126 valence electrons. The van der Waals surface area contributed by atoms with Gasteiger partial charge in [0.2, 0.25) is 11.8 Å². The average Bonchev–Trinajstić information content (AvgIpc) is 2.57. The second-order valence-corrected chi connectivity index (χ2v) is 6.37. The van der Waals surface area contributed by atoms with Crippen LogP contribution in [0.2, 0.25) is 0 Å². The Bertz CT molecular complexity index is 522. The number of piperazine rings is 1. The Kier molecular flexibility index (Phi) is 7.22. The van der Waals surface area contributed by atoms with Gasteiger partial charge < -0.3 is 20.3 Å². The monoisotopic (exact) mass is 337 g/mol.